The Labute approximate surface area is 109 Å². The Bertz CT molecular complexity index is 592. The summed E-state index contributed by atoms with van der Waals surface area (Å²) in [6.45, 7) is 0.381. The van der Waals surface area contributed by atoms with E-state index in [4.69, 9.17) is 9.84 Å². The summed E-state index contributed by atoms with van der Waals surface area (Å²) in [5, 5.41) is 8.75. The summed E-state index contributed by atoms with van der Waals surface area (Å²) in [7, 11) is -3.75. The van der Waals surface area contributed by atoms with Crippen LogP contribution in [0, 0.1) is 11.7 Å². The highest BCUT2D eigenvalue weighted by atomic mass is 32.2. The lowest BCUT2D eigenvalue weighted by molar-refractivity contribution is 0.0691. The molecule has 5 nitrogen and oxygen atoms in total. The number of hydrogen-bond donors (Lipinski definition) is 1. The van der Waals surface area contributed by atoms with Gasteiger partial charge in [-0.05, 0) is 37.0 Å². The van der Waals surface area contributed by atoms with Gasteiger partial charge in [0, 0.05) is 0 Å². The topological polar surface area (TPSA) is 80.7 Å². The van der Waals surface area contributed by atoms with Crippen LogP contribution in [0.25, 0.3) is 0 Å². The quantitative estimate of drug-likeness (QED) is 0.805. The second-order valence-electron chi connectivity index (χ2n) is 4.49. The lowest BCUT2D eigenvalue weighted by Crippen LogP contribution is -2.13. The summed E-state index contributed by atoms with van der Waals surface area (Å²) in [6, 6.07) is 2.68. The van der Waals surface area contributed by atoms with Crippen molar-refractivity contribution in [3.05, 3.63) is 29.6 Å². The first-order valence-electron chi connectivity index (χ1n) is 5.73. The zero-order valence-corrected chi connectivity index (χ0v) is 10.8. The highest BCUT2D eigenvalue weighted by Crippen LogP contribution is 2.29. The van der Waals surface area contributed by atoms with Crippen LogP contribution < -0.4 is 0 Å². The average molecular weight is 288 g/mol. The minimum absolute atomic E-state index is 0.248. The zero-order valence-electron chi connectivity index (χ0n) is 10.0. The lowest BCUT2D eigenvalue weighted by Gasteiger charge is -2.06. The number of hydrogen-bond acceptors (Lipinski definition) is 4. The molecule has 1 aromatic rings. The Kier molecular flexibility index (Phi) is 3.86. The second-order valence-corrected chi connectivity index (χ2v) is 6.43. The highest BCUT2D eigenvalue weighted by molar-refractivity contribution is 7.91. The summed E-state index contributed by atoms with van der Waals surface area (Å²) in [4.78, 5) is 10.5. The number of sulfone groups is 1. The highest BCUT2D eigenvalue weighted by Gasteiger charge is 2.24. The van der Waals surface area contributed by atoms with E-state index >= 15 is 0 Å². The molecular formula is C12H13FO5S. The largest absolute Gasteiger partial charge is 0.478 e. The third-order valence-corrected chi connectivity index (χ3v) is 4.27. The second kappa shape index (κ2) is 5.26. The fraction of sp³-hybridized carbons (Fsp3) is 0.417. The molecule has 0 heterocycles. The predicted molar refractivity (Wildman–Crippen MR) is 64.1 cm³/mol. The van der Waals surface area contributed by atoms with Crippen LogP contribution in [-0.2, 0) is 14.6 Å². The molecule has 0 spiro atoms. The number of ether oxygens (including phenoxy) is 1. The van der Waals surface area contributed by atoms with Crippen LogP contribution >= 0.6 is 0 Å². The standard InChI is InChI=1S/C12H13FO5S/c13-11-4-3-9(5-10(11)12(14)15)19(16,17)7-18-6-8-1-2-8/h3-5,8H,1-2,6-7H2,(H,14,15). The van der Waals surface area contributed by atoms with E-state index in [1.807, 2.05) is 0 Å². The van der Waals surface area contributed by atoms with E-state index in [2.05, 4.69) is 0 Å². The molecule has 0 radical (unpaired) electrons. The smallest absolute Gasteiger partial charge is 0.338 e. The summed E-state index contributed by atoms with van der Waals surface area (Å²) in [6.07, 6.45) is 2.08. The Morgan fingerprint density at radius 3 is 2.68 bits per heavy atom. The van der Waals surface area contributed by atoms with E-state index < -0.39 is 33.1 Å². The van der Waals surface area contributed by atoms with Gasteiger partial charge in [-0.25, -0.2) is 17.6 Å². The van der Waals surface area contributed by atoms with Gasteiger partial charge in [0.25, 0.3) is 0 Å². The molecule has 0 unspecified atom stereocenters. The Balaban J connectivity index is 2.14. The first kappa shape index (κ1) is 14.0. The van der Waals surface area contributed by atoms with Gasteiger partial charge in [-0.2, -0.15) is 0 Å². The summed E-state index contributed by atoms with van der Waals surface area (Å²) in [5.41, 5.74) is -0.664. The average Bonchev–Trinajstić information content (AvgIpc) is 3.12. The number of benzene rings is 1. The van der Waals surface area contributed by atoms with Crippen LogP contribution in [0.1, 0.15) is 23.2 Å². The number of carboxylic acids is 1. The summed E-state index contributed by atoms with van der Waals surface area (Å²) < 4.78 is 42.0. The molecule has 0 bridgehead atoms. The zero-order chi connectivity index (χ0) is 14.0. The van der Waals surface area contributed by atoms with Crippen LogP contribution in [0.4, 0.5) is 4.39 Å². The van der Waals surface area contributed by atoms with Crippen molar-refractivity contribution in [3.63, 3.8) is 0 Å². The van der Waals surface area contributed by atoms with Crippen molar-refractivity contribution in [2.45, 2.75) is 17.7 Å². The van der Waals surface area contributed by atoms with E-state index in [9.17, 15) is 17.6 Å². The van der Waals surface area contributed by atoms with Gasteiger partial charge in [0.1, 0.15) is 5.82 Å². The van der Waals surface area contributed by atoms with Crippen LogP contribution in [-0.4, -0.2) is 32.0 Å². The number of carboxylic acid groups (broad SMARTS) is 1. The van der Waals surface area contributed by atoms with Crippen molar-refractivity contribution < 1.29 is 27.4 Å². The van der Waals surface area contributed by atoms with Gasteiger partial charge < -0.3 is 9.84 Å². The van der Waals surface area contributed by atoms with Gasteiger partial charge in [0.15, 0.2) is 5.94 Å². The fourth-order valence-corrected chi connectivity index (χ4v) is 2.56. The molecule has 0 atom stereocenters. The Hall–Kier alpha value is -1.47. The number of halogens is 1. The lowest BCUT2D eigenvalue weighted by atomic mass is 10.2. The van der Waals surface area contributed by atoms with Gasteiger partial charge in [0.05, 0.1) is 17.1 Å². The fourth-order valence-electron chi connectivity index (χ4n) is 1.54. The molecule has 1 aliphatic rings. The third-order valence-electron chi connectivity index (χ3n) is 2.82. The molecule has 2 rings (SSSR count). The van der Waals surface area contributed by atoms with Crippen LogP contribution in [0.5, 0.6) is 0 Å². The van der Waals surface area contributed by atoms with E-state index in [-0.39, 0.29) is 4.90 Å². The van der Waals surface area contributed by atoms with E-state index in [0.29, 0.717) is 12.5 Å². The van der Waals surface area contributed by atoms with E-state index in [1.165, 1.54) is 0 Å². The van der Waals surface area contributed by atoms with Crippen LogP contribution in [0.15, 0.2) is 23.1 Å². The monoisotopic (exact) mass is 288 g/mol. The molecule has 1 aromatic carbocycles. The number of rotatable bonds is 6. The maximum absolute atomic E-state index is 13.2. The van der Waals surface area contributed by atoms with Crippen LogP contribution in [0.2, 0.25) is 0 Å². The minimum atomic E-state index is -3.75. The minimum Gasteiger partial charge on any atom is -0.478 e. The van der Waals surface area contributed by atoms with Crippen molar-refractivity contribution in [2.75, 3.05) is 12.5 Å². The Morgan fingerprint density at radius 2 is 2.11 bits per heavy atom. The molecule has 1 N–H and O–H groups in total. The van der Waals surface area contributed by atoms with E-state index in [1.54, 1.807) is 0 Å². The Morgan fingerprint density at radius 1 is 1.42 bits per heavy atom. The molecule has 7 heteroatoms. The normalized spacial score (nSPS) is 15.4. The van der Waals surface area contributed by atoms with Gasteiger partial charge in [-0.15, -0.1) is 0 Å². The maximum atomic E-state index is 13.2. The molecular weight excluding hydrogens is 275 g/mol. The molecule has 0 aromatic heterocycles. The molecule has 0 aliphatic heterocycles. The van der Waals surface area contributed by atoms with Crippen molar-refractivity contribution in [1.29, 1.82) is 0 Å². The molecule has 1 aliphatic carbocycles. The molecule has 104 valence electrons. The first-order valence-corrected chi connectivity index (χ1v) is 7.39. The van der Waals surface area contributed by atoms with Gasteiger partial charge in [-0.1, -0.05) is 0 Å². The van der Waals surface area contributed by atoms with Crippen molar-refractivity contribution in [2.24, 2.45) is 5.92 Å². The molecule has 0 saturated heterocycles. The van der Waals surface area contributed by atoms with Crippen molar-refractivity contribution in [3.8, 4) is 0 Å². The van der Waals surface area contributed by atoms with Gasteiger partial charge in [0.2, 0.25) is 9.84 Å². The third kappa shape index (κ3) is 3.51. The summed E-state index contributed by atoms with van der Waals surface area (Å²) >= 11 is 0. The van der Waals surface area contributed by atoms with E-state index in [0.717, 1.165) is 31.0 Å². The SMILES string of the molecule is O=C(O)c1cc(S(=O)(=O)COCC2CC2)ccc1F. The van der Waals surface area contributed by atoms with Gasteiger partial charge >= 0.3 is 5.97 Å². The predicted octanol–water partition coefficient (Wildman–Crippen LogP) is 1.68. The molecule has 1 saturated carbocycles. The van der Waals surface area contributed by atoms with Crippen molar-refractivity contribution in [1.82, 2.24) is 0 Å². The number of aromatic carboxylic acids is 1. The molecule has 1 fully saturated rings. The van der Waals surface area contributed by atoms with Crippen molar-refractivity contribution >= 4 is 15.8 Å². The molecule has 19 heavy (non-hydrogen) atoms. The summed E-state index contributed by atoms with van der Waals surface area (Å²) in [5.74, 6) is -2.56. The number of carbonyl (C=O) groups is 1. The van der Waals surface area contributed by atoms with Crippen LogP contribution in [0.3, 0.4) is 0 Å². The maximum Gasteiger partial charge on any atom is 0.338 e. The molecule has 0 amide bonds. The first-order chi connectivity index (χ1) is 8.90. The van der Waals surface area contributed by atoms with Gasteiger partial charge in [-0.3, -0.25) is 0 Å².